The van der Waals surface area contributed by atoms with Gasteiger partial charge in [0.15, 0.2) is 0 Å². The third kappa shape index (κ3) is 5.33. The second-order valence-electron chi connectivity index (χ2n) is 5.33. The number of aliphatic hydroxyl groups is 1. The van der Waals surface area contributed by atoms with Crippen LogP contribution < -0.4 is 0 Å². The van der Waals surface area contributed by atoms with Crippen LogP contribution in [0.5, 0.6) is 0 Å². The lowest BCUT2D eigenvalue weighted by Gasteiger charge is -2.22. The zero-order valence-electron chi connectivity index (χ0n) is 11.4. The van der Waals surface area contributed by atoms with E-state index in [1.165, 1.54) is 11.1 Å². The van der Waals surface area contributed by atoms with Gasteiger partial charge in [-0.05, 0) is 51.2 Å². The van der Waals surface area contributed by atoms with E-state index in [0.29, 0.717) is 0 Å². The SMILES string of the molecule is COC(C)(C)CCc1ccc(CC(C)O)cc1. The average molecular weight is 236 g/mol. The smallest absolute Gasteiger partial charge is 0.0625 e. The minimum Gasteiger partial charge on any atom is -0.393 e. The molecule has 2 nitrogen and oxygen atoms in total. The Labute approximate surface area is 105 Å². The fourth-order valence-corrected chi connectivity index (χ4v) is 1.73. The predicted molar refractivity (Wildman–Crippen MR) is 71.2 cm³/mol. The molecular weight excluding hydrogens is 212 g/mol. The second kappa shape index (κ2) is 6.18. The Bertz CT molecular complexity index is 325. The summed E-state index contributed by atoms with van der Waals surface area (Å²) < 4.78 is 5.40. The number of methoxy groups -OCH3 is 1. The minimum atomic E-state index is -0.270. The molecule has 1 aromatic rings. The van der Waals surface area contributed by atoms with Crippen molar-refractivity contribution in [2.24, 2.45) is 0 Å². The molecule has 0 saturated carbocycles. The van der Waals surface area contributed by atoms with E-state index in [1.54, 1.807) is 7.11 Å². The quantitative estimate of drug-likeness (QED) is 0.823. The van der Waals surface area contributed by atoms with Crippen LogP contribution in [0, 0.1) is 0 Å². The Hall–Kier alpha value is -0.860. The van der Waals surface area contributed by atoms with Gasteiger partial charge in [0, 0.05) is 7.11 Å². The Balaban J connectivity index is 2.51. The zero-order chi connectivity index (χ0) is 12.9. The van der Waals surface area contributed by atoms with Gasteiger partial charge in [0.25, 0.3) is 0 Å². The Morgan fingerprint density at radius 2 is 1.71 bits per heavy atom. The van der Waals surface area contributed by atoms with E-state index in [2.05, 4.69) is 38.1 Å². The monoisotopic (exact) mass is 236 g/mol. The van der Waals surface area contributed by atoms with Crippen molar-refractivity contribution in [2.75, 3.05) is 7.11 Å². The van der Waals surface area contributed by atoms with Gasteiger partial charge in [-0.15, -0.1) is 0 Å². The first kappa shape index (κ1) is 14.2. The standard InChI is InChI=1S/C15H24O2/c1-12(16)11-14-7-5-13(6-8-14)9-10-15(2,3)17-4/h5-8,12,16H,9-11H2,1-4H3. The summed E-state index contributed by atoms with van der Waals surface area (Å²) in [6, 6.07) is 8.48. The third-order valence-corrected chi connectivity index (χ3v) is 3.12. The number of aliphatic hydroxyl groups excluding tert-OH is 1. The van der Waals surface area contributed by atoms with Crippen LogP contribution in [-0.2, 0) is 17.6 Å². The predicted octanol–water partition coefficient (Wildman–Crippen LogP) is 2.97. The topological polar surface area (TPSA) is 29.5 Å². The maximum Gasteiger partial charge on any atom is 0.0625 e. The van der Waals surface area contributed by atoms with Gasteiger partial charge in [0.05, 0.1) is 11.7 Å². The number of aryl methyl sites for hydroxylation is 1. The molecule has 1 rings (SSSR count). The van der Waals surface area contributed by atoms with Gasteiger partial charge in [-0.25, -0.2) is 0 Å². The Kier molecular flexibility index (Phi) is 5.16. The van der Waals surface area contributed by atoms with Crippen molar-refractivity contribution < 1.29 is 9.84 Å². The highest BCUT2D eigenvalue weighted by molar-refractivity contribution is 5.23. The van der Waals surface area contributed by atoms with Crippen LogP contribution >= 0.6 is 0 Å². The molecule has 0 aromatic heterocycles. The molecule has 0 amide bonds. The van der Waals surface area contributed by atoms with Gasteiger partial charge in [0.1, 0.15) is 0 Å². The van der Waals surface area contributed by atoms with E-state index in [9.17, 15) is 5.11 Å². The highest BCUT2D eigenvalue weighted by Gasteiger charge is 2.15. The van der Waals surface area contributed by atoms with Gasteiger partial charge < -0.3 is 9.84 Å². The maximum atomic E-state index is 9.30. The fraction of sp³-hybridized carbons (Fsp3) is 0.600. The van der Waals surface area contributed by atoms with Gasteiger partial charge in [-0.1, -0.05) is 24.3 Å². The molecule has 96 valence electrons. The van der Waals surface area contributed by atoms with Crippen molar-refractivity contribution in [2.45, 2.75) is 51.7 Å². The van der Waals surface area contributed by atoms with Crippen molar-refractivity contribution >= 4 is 0 Å². The summed E-state index contributed by atoms with van der Waals surface area (Å²) in [5, 5.41) is 9.30. The zero-order valence-corrected chi connectivity index (χ0v) is 11.4. The molecule has 0 aliphatic rings. The van der Waals surface area contributed by atoms with Gasteiger partial charge in [-0.3, -0.25) is 0 Å². The molecule has 0 aliphatic carbocycles. The lowest BCUT2D eigenvalue weighted by molar-refractivity contribution is 0.0158. The molecule has 2 heteroatoms. The molecule has 0 radical (unpaired) electrons. The lowest BCUT2D eigenvalue weighted by atomic mass is 9.97. The molecule has 0 spiro atoms. The molecule has 0 aliphatic heterocycles. The van der Waals surface area contributed by atoms with Crippen molar-refractivity contribution in [1.29, 1.82) is 0 Å². The minimum absolute atomic E-state index is 0.0573. The summed E-state index contributed by atoms with van der Waals surface area (Å²) in [6.45, 7) is 6.03. The largest absolute Gasteiger partial charge is 0.393 e. The molecule has 1 atom stereocenters. The molecule has 1 unspecified atom stereocenters. The van der Waals surface area contributed by atoms with Crippen LogP contribution in [0.15, 0.2) is 24.3 Å². The molecule has 1 N–H and O–H groups in total. The molecular formula is C15H24O2. The van der Waals surface area contributed by atoms with E-state index in [-0.39, 0.29) is 11.7 Å². The molecule has 0 heterocycles. The Morgan fingerprint density at radius 1 is 1.18 bits per heavy atom. The van der Waals surface area contributed by atoms with Crippen molar-refractivity contribution in [1.82, 2.24) is 0 Å². The van der Waals surface area contributed by atoms with Crippen LogP contribution in [-0.4, -0.2) is 23.9 Å². The summed E-state index contributed by atoms with van der Waals surface area (Å²) in [7, 11) is 1.76. The van der Waals surface area contributed by atoms with Crippen LogP contribution in [0.25, 0.3) is 0 Å². The van der Waals surface area contributed by atoms with Crippen molar-refractivity contribution in [3.63, 3.8) is 0 Å². The van der Waals surface area contributed by atoms with Crippen molar-refractivity contribution in [3.05, 3.63) is 35.4 Å². The molecule has 0 fully saturated rings. The van der Waals surface area contributed by atoms with E-state index >= 15 is 0 Å². The van der Waals surface area contributed by atoms with Crippen LogP contribution in [0.4, 0.5) is 0 Å². The number of ether oxygens (including phenoxy) is 1. The van der Waals surface area contributed by atoms with Gasteiger partial charge in [-0.2, -0.15) is 0 Å². The molecule has 0 bridgehead atoms. The summed E-state index contributed by atoms with van der Waals surface area (Å²) in [5.41, 5.74) is 2.46. The summed E-state index contributed by atoms with van der Waals surface area (Å²) >= 11 is 0. The summed E-state index contributed by atoms with van der Waals surface area (Å²) in [4.78, 5) is 0. The lowest BCUT2D eigenvalue weighted by Crippen LogP contribution is -2.22. The van der Waals surface area contributed by atoms with Crippen LogP contribution in [0.3, 0.4) is 0 Å². The number of rotatable bonds is 6. The normalized spacial score (nSPS) is 13.7. The first-order valence-corrected chi connectivity index (χ1v) is 6.24. The molecule has 17 heavy (non-hydrogen) atoms. The first-order chi connectivity index (χ1) is 7.93. The van der Waals surface area contributed by atoms with Crippen molar-refractivity contribution in [3.8, 4) is 0 Å². The molecule has 0 saturated heterocycles. The fourth-order valence-electron chi connectivity index (χ4n) is 1.73. The second-order valence-corrected chi connectivity index (χ2v) is 5.33. The first-order valence-electron chi connectivity index (χ1n) is 6.24. The highest BCUT2D eigenvalue weighted by atomic mass is 16.5. The van der Waals surface area contributed by atoms with Crippen LogP contribution in [0.2, 0.25) is 0 Å². The van der Waals surface area contributed by atoms with Crippen LogP contribution in [0.1, 0.15) is 38.3 Å². The number of benzene rings is 1. The summed E-state index contributed by atoms with van der Waals surface area (Å²) in [5.74, 6) is 0. The maximum absolute atomic E-state index is 9.30. The number of hydrogen-bond donors (Lipinski definition) is 1. The van der Waals surface area contributed by atoms with Gasteiger partial charge in [0.2, 0.25) is 0 Å². The summed E-state index contributed by atoms with van der Waals surface area (Å²) in [6.07, 6.45) is 2.49. The van der Waals surface area contributed by atoms with Gasteiger partial charge >= 0.3 is 0 Å². The third-order valence-electron chi connectivity index (χ3n) is 3.12. The average Bonchev–Trinajstić information content (AvgIpc) is 2.28. The Morgan fingerprint density at radius 3 is 2.18 bits per heavy atom. The molecule has 1 aromatic carbocycles. The highest BCUT2D eigenvalue weighted by Crippen LogP contribution is 2.17. The van der Waals surface area contributed by atoms with E-state index in [4.69, 9.17) is 4.74 Å². The van der Waals surface area contributed by atoms with E-state index in [1.807, 2.05) is 6.92 Å². The van der Waals surface area contributed by atoms with E-state index in [0.717, 1.165) is 19.3 Å². The van der Waals surface area contributed by atoms with E-state index < -0.39 is 0 Å². The number of hydrogen-bond acceptors (Lipinski definition) is 2.